The number of rotatable bonds is 7. The van der Waals surface area contributed by atoms with Crippen LogP contribution >= 0.6 is 0 Å². The monoisotopic (exact) mass is 316 g/mol. The molecule has 2 bridgehead atoms. The summed E-state index contributed by atoms with van der Waals surface area (Å²) < 4.78 is 0. The number of unbranched alkanes of at least 4 members (excludes halogenated alkanes) is 2. The van der Waals surface area contributed by atoms with Gasteiger partial charge in [-0.1, -0.05) is 26.2 Å². The highest BCUT2D eigenvalue weighted by molar-refractivity contribution is 5.88. The number of piperidine rings is 1. The third kappa shape index (κ3) is 3.86. The summed E-state index contributed by atoms with van der Waals surface area (Å²) in [4.78, 5) is 10.9. The van der Waals surface area contributed by atoms with E-state index in [0.29, 0.717) is 23.2 Å². The number of hydrogen-bond donors (Lipinski definition) is 3. The minimum absolute atomic E-state index is 0.330. The maximum absolute atomic E-state index is 10.9. The van der Waals surface area contributed by atoms with Gasteiger partial charge in [0.05, 0.1) is 5.56 Å². The molecule has 3 N–H and O–H groups in total. The summed E-state index contributed by atoms with van der Waals surface area (Å²) in [5.41, 5.74) is 1.71. The van der Waals surface area contributed by atoms with Gasteiger partial charge >= 0.3 is 5.97 Å². The number of fused-ring (bicyclic) bond motifs is 2. The first-order chi connectivity index (χ1) is 11.1. The van der Waals surface area contributed by atoms with Crippen LogP contribution in [0.2, 0.25) is 0 Å². The van der Waals surface area contributed by atoms with Crippen LogP contribution < -0.4 is 10.6 Å². The van der Waals surface area contributed by atoms with E-state index in [1.54, 1.807) is 12.1 Å². The Morgan fingerprint density at radius 1 is 1.35 bits per heavy atom. The normalized spacial score (nSPS) is 29.4. The molecule has 3 unspecified atom stereocenters. The van der Waals surface area contributed by atoms with Crippen LogP contribution in [0.1, 0.15) is 68.6 Å². The molecule has 126 valence electrons. The minimum Gasteiger partial charge on any atom is -0.478 e. The zero-order valence-corrected chi connectivity index (χ0v) is 14.0. The standard InChI is InChI=1S/C19H28N2O2/c1-2-3-4-10-19-11-9-16(21-19)12-17(13-19)20-15-7-5-14(6-8-15)18(22)23/h5-8,16-17,20-21H,2-4,9-13H2,1H3,(H,22,23). The largest absolute Gasteiger partial charge is 0.478 e. The summed E-state index contributed by atoms with van der Waals surface area (Å²) >= 11 is 0. The second-order valence-corrected chi connectivity index (χ2v) is 7.28. The van der Waals surface area contributed by atoms with Crippen molar-refractivity contribution in [3.8, 4) is 0 Å². The number of anilines is 1. The van der Waals surface area contributed by atoms with E-state index in [-0.39, 0.29) is 0 Å². The number of hydrogen-bond acceptors (Lipinski definition) is 3. The van der Waals surface area contributed by atoms with Crippen LogP contribution in [0.4, 0.5) is 5.69 Å². The van der Waals surface area contributed by atoms with E-state index >= 15 is 0 Å². The predicted molar refractivity (Wildman–Crippen MR) is 93.1 cm³/mol. The highest BCUT2D eigenvalue weighted by atomic mass is 16.4. The number of benzene rings is 1. The maximum atomic E-state index is 10.9. The van der Waals surface area contributed by atoms with Crippen molar-refractivity contribution in [3.63, 3.8) is 0 Å². The Labute approximate surface area is 138 Å². The molecular weight excluding hydrogens is 288 g/mol. The maximum Gasteiger partial charge on any atom is 0.335 e. The van der Waals surface area contributed by atoms with Gasteiger partial charge in [-0.05, 0) is 56.4 Å². The van der Waals surface area contributed by atoms with Gasteiger partial charge in [0.25, 0.3) is 0 Å². The Morgan fingerprint density at radius 2 is 2.13 bits per heavy atom. The Kier molecular flexibility index (Phi) is 4.90. The lowest BCUT2D eigenvalue weighted by Crippen LogP contribution is -2.52. The molecule has 0 amide bonds. The summed E-state index contributed by atoms with van der Waals surface area (Å²) in [5, 5.41) is 16.5. The smallest absolute Gasteiger partial charge is 0.335 e. The molecule has 4 nitrogen and oxygen atoms in total. The molecule has 3 rings (SSSR count). The molecule has 0 aromatic heterocycles. The van der Waals surface area contributed by atoms with E-state index in [9.17, 15) is 4.79 Å². The van der Waals surface area contributed by atoms with Crippen molar-refractivity contribution in [2.45, 2.75) is 75.9 Å². The van der Waals surface area contributed by atoms with E-state index in [1.165, 1.54) is 44.9 Å². The fourth-order valence-corrected chi connectivity index (χ4v) is 4.33. The Bertz CT molecular complexity index is 543. The molecule has 2 saturated heterocycles. The highest BCUT2D eigenvalue weighted by Gasteiger charge is 2.44. The van der Waals surface area contributed by atoms with E-state index in [0.717, 1.165) is 12.1 Å². The van der Waals surface area contributed by atoms with Crippen LogP contribution in [0, 0.1) is 0 Å². The minimum atomic E-state index is -0.869. The molecule has 2 fully saturated rings. The van der Waals surface area contributed by atoms with E-state index in [1.807, 2.05) is 12.1 Å². The second kappa shape index (κ2) is 6.91. The molecule has 0 radical (unpaired) electrons. The summed E-state index contributed by atoms with van der Waals surface area (Å²) in [5.74, 6) is -0.869. The molecule has 4 heteroatoms. The van der Waals surface area contributed by atoms with Crippen LogP contribution in [-0.4, -0.2) is 28.7 Å². The van der Waals surface area contributed by atoms with Crippen LogP contribution in [0.3, 0.4) is 0 Å². The highest BCUT2D eigenvalue weighted by Crippen LogP contribution is 2.40. The lowest BCUT2D eigenvalue weighted by atomic mass is 9.83. The Hall–Kier alpha value is -1.55. The van der Waals surface area contributed by atoms with Gasteiger partial charge in [-0.3, -0.25) is 0 Å². The Balaban J connectivity index is 1.61. The topological polar surface area (TPSA) is 61.4 Å². The number of carboxylic acid groups (broad SMARTS) is 1. The van der Waals surface area contributed by atoms with Gasteiger partial charge in [0.2, 0.25) is 0 Å². The summed E-state index contributed by atoms with van der Waals surface area (Å²) in [6.45, 7) is 2.26. The Morgan fingerprint density at radius 3 is 2.83 bits per heavy atom. The van der Waals surface area contributed by atoms with Gasteiger partial charge in [-0.25, -0.2) is 4.79 Å². The van der Waals surface area contributed by atoms with Gasteiger partial charge in [0, 0.05) is 23.3 Å². The quantitative estimate of drug-likeness (QED) is 0.665. The molecule has 2 heterocycles. The first kappa shape index (κ1) is 16.3. The molecule has 0 aliphatic carbocycles. The molecule has 3 atom stereocenters. The first-order valence-electron chi connectivity index (χ1n) is 8.98. The number of carbonyl (C=O) groups is 1. The van der Waals surface area contributed by atoms with Crippen molar-refractivity contribution in [2.75, 3.05) is 5.32 Å². The van der Waals surface area contributed by atoms with Crippen LogP contribution in [0.15, 0.2) is 24.3 Å². The van der Waals surface area contributed by atoms with Crippen molar-refractivity contribution < 1.29 is 9.90 Å². The van der Waals surface area contributed by atoms with E-state index < -0.39 is 5.97 Å². The molecule has 0 saturated carbocycles. The predicted octanol–water partition coefficient (Wildman–Crippen LogP) is 4.03. The third-order valence-corrected chi connectivity index (χ3v) is 5.45. The van der Waals surface area contributed by atoms with E-state index in [4.69, 9.17) is 5.11 Å². The van der Waals surface area contributed by atoms with Gasteiger partial charge in [0.15, 0.2) is 0 Å². The van der Waals surface area contributed by atoms with Gasteiger partial charge in [-0.2, -0.15) is 0 Å². The fraction of sp³-hybridized carbons (Fsp3) is 0.632. The summed E-state index contributed by atoms with van der Waals surface area (Å²) in [6, 6.07) is 8.26. The first-order valence-corrected chi connectivity index (χ1v) is 8.98. The third-order valence-electron chi connectivity index (χ3n) is 5.45. The molecule has 2 aliphatic heterocycles. The van der Waals surface area contributed by atoms with Gasteiger partial charge < -0.3 is 15.7 Å². The zero-order valence-electron chi connectivity index (χ0n) is 14.0. The van der Waals surface area contributed by atoms with Crippen molar-refractivity contribution in [2.24, 2.45) is 0 Å². The number of carboxylic acids is 1. The average Bonchev–Trinajstić information content (AvgIpc) is 2.83. The van der Waals surface area contributed by atoms with Gasteiger partial charge in [-0.15, -0.1) is 0 Å². The molecule has 1 aromatic carbocycles. The lowest BCUT2D eigenvalue weighted by Gasteiger charge is -2.40. The summed E-state index contributed by atoms with van der Waals surface area (Å²) in [6.07, 6.45) is 10.1. The van der Waals surface area contributed by atoms with E-state index in [2.05, 4.69) is 17.6 Å². The fourth-order valence-electron chi connectivity index (χ4n) is 4.33. The second-order valence-electron chi connectivity index (χ2n) is 7.28. The summed E-state index contributed by atoms with van der Waals surface area (Å²) in [7, 11) is 0. The van der Waals surface area contributed by atoms with Crippen LogP contribution in [-0.2, 0) is 0 Å². The van der Waals surface area contributed by atoms with Crippen molar-refractivity contribution in [1.82, 2.24) is 5.32 Å². The SMILES string of the molecule is CCCCCC12CCC(CC(Nc3ccc(C(=O)O)cc3)C1)N2. The molecule has 1 aromatic rings. The van der Waals surface area contributed by atoms with Crippen LogP contribution in [0.5, 0.6) is 0 Å². The molecule has 2 aliphatic rings. The number of aromatic carboxylic acids is 1. The molecule has 0 spiro atoms. The van der Waals surface area contributed by atoms with Crippen molar-refractivity contribution in [3.05, 3.63) is 29.8 Å². The average molecular weight is 316 g/mol. The molecule has 23 heavy (non-hydrogen) atoms. The number of nitrogens with one attached hydrogen (secondary N) is 2. The zero-order chi connectivity index (χ0) is 16.3. The van der Waals surface area contributed by atoms with Crippen molar-refractivity contribution in [1.29, 1.82) is 0 Å². The lowest BCUT2D eigenvalue weighted by molar-refractivity contribution is 0.0697. The van der Waals surface area contributed by atoms with Gasteiger partial charge in [0.1, 0.15) is 0 Å². The van der Waals surface area contributed by atoms with Crippen LogP contribution in [0.25, 0.3) is 0 Å². The molecular formula is C19H28N2O2. The van der Waals surface area contributed by atoms with Crippen molar-refractivity contribution >= 4 is 11.7 Å².